The molecule has 0 atom stereocenters. The molecule has 8 heteroatoms. The number of methoxy groups -OCH3 is 1. The summed E-state index contributed by atoms with van der Waals surface area (Å²) in [5.74, 6) is -1.34. The van der Waals surface area contributed by atoms with Gasteiger partial charge >= 0.3 is 5.69 Å². The summed E-state index contributed by atoms with van der Waals surface area (Å²) in [6.07, 6.45) is 0. The molecule has 1 aliphatic rings. The number of ether oxygens (including phenoxy) is 2. The number of amides is 1. The van der Waals surface area contributed by atoms with Crippen molar-refractivity contribution in [2.24, 2.45) is 0 Å². The van der Waals surface area contributed by atoms with E-state index in [1.54, 1.807) is 0 Å². The molecule has 1 aromatic carbocycles. The minimum Gasteiger partial charge on any atom is -0.490 e. The lowest BCUT2D eigenvalue weighted by atomic mass is 10.2. The van der Waals surface area contributed by atoms with Crippen molar-refractivity contribution in [3.8, 4) is 5.75 Å². The Hall–Kier alpha value is -2.22. The predicted octanol–water partition coefficient (Wildman–Crippen LogP) is 1.11. The number of nitro groups is 1. The molecule has 19 heavy (non-hydrogen) atoms. The van der Waals surface area contributed by atoms with Gasteiger partial charge in [-0.05, 0) is 0 Å². The standard InChI is InChI=1S/C11H11FN2O5/c1-18-10-5-8(7(12)4-9(10)14(16)17)13-2-3-19-6-11(13)15/h4-5H,2-3,6H2,1H3. The van der Waals surface area contributed by atoms with Crippen molar-refractivity contribution in [3.05, 3.63) is 28.1 Å². The molecule has 7 nitrogen and oxygen atoms in total. The van der Waals surface area contributed by atoms with Gasteiger partial charge in [0.05, 0.1) is 30.4 Å². The molecule has 0 aliphatic carbocycles. The summed E-state index contributed by atoms with van der Waals surface area (Å²) < 4.78 is 23.7. The molecule has 102 valence electrons. The zero-order chi connectivity index (χ0) is 14.0. The average Bonchev–Trinajstić information content (AvgIpc) is 2.39. The van der Waals surface area contributed by atoms with Crippen molar-refractivity contribution in [3.63, 3.8) is 0 Å². The lowest BCUT2D eigenvalue weighted by molar-refractivity contribution is -0.385. The fourth-order valence-electron chi connectivity index (χ4n) is 1.82. The maximum Gasteiger partial charge on any atom is 0.313 e. The number of carbonyl (C=O) groups is 1. The molecule has 0 aromatic heterocycles. The number of benzene rings is 1. The van der Waals surface area contributed by atoms with Crippen LogP contribution in [0.3, 0.4) is 0 Å². The largest absolute Gasteiger partial charge is 0.490 e. The lowest BCUT2D eigenvalue weighted by Crippen LogP contribution is -2.42. The minimum absolute atomic E-state index is 0.0456. The Morgan fingerprint density at radius 1 is 1.53 bits per heavy atom. The van der Waals surface area contributed by atoms with Crippen LogP contribution in [0.2, 0.25) is 0 Å². The first-order valence-corrected chi connectivity index (χ1v) is 5.44. The molecule has 1 saturated heterocycles. The molecule has 1 fully saturated rings. The number of nitro benzene ring substituents is 1. The fraction of sp³-hybridized carbons (Fsp3) is 0.364. The van der Waals surface area contributed by atoms with Crippen LogP contribution in [0.1, 0.15) is 0 Å². The molecule has 0 unspecified atom stereocenters. The van der Waals surface area contributed by atoms with E-state index in [4.69, 9.17) is 9.47 Å². The maximum absolute atomic E-state index is 13.9. The second-order valence-electron chi connectivity index (χ2n) is 3.83. The first-order valence-electron chi connectivity index (χ1n) is 5.44. The number of carbonyl (C=O) groups excluding carboxylic acids is 1. The van der Waals surface area contributed by atoms with E-state index in [1.807, 2.05) is 0 Å². The van der Waals surface area contributed by atoms with E-state index in [9.17, 15) is 19.3 Å². The van der Waals surface area contributed by atoms with E-state index in [0.29, 0.717) is 0 Å². The number of halogens is 1. The Balaban J connectivity index is 2.46. The van der Waals surface area contributed by atoms with Crippen LogP contribution < -0.4 is 9.64 Å². The van der Waals surface area contributed by atoms with Crippen molar-refractivity contribution in [1.82, 2.24) is 0 Å². The van der Waals surface area contributed by atoms with Crippen LogP contribution in [-0.4, -0.2) is 37.7 Å². The zero-order valence-electron chi connectivity index (χ0n) is 10.1. The highest BCUT2D eigenvalue weighted by atomic mass is 19.1. The maximum atomic E-state index is 13.9. The number of hydrogen-bond donors (Lipinski definition) is 0. The van der Waals surface area contributed by atoms with Gasteiger partial charge in [0.1, 0.15) is 6.61 Å². The summed E-state index contributed by atoms with van der Waals surface area (Å²) in [7, 11) is 1.24. The molecule has 2 rings (SSSR count). The van der Waals surface area contributed by atoms with E-state index in [0.717, 1.165) is 12.1 Å². The Morgan fingerprint density at radius 3 is 2.84 bits per heavy atom. The summed E-state index contributed by atoms with van der Waals surface area (Å²) in [6.45, 7) is 0.333. The second-order valence-corrected chi connectivity index (χ2v) is 3.83. The van der Waals surface area contributed by atoms with Crippen molar-refractivity contribution >= 4 is 17.3 Å². The van der Waals surface area contributed by atoms with Gasteiger partial charge in [-0.1, -0.05) is 0 Å². The first kappa shape index (κ1) is 13.2. The van der Waals surface area contributed by atoms with Crippen LogP contribution in [0.4, 0.5) is 15.8 Å². The van der Waals surface area contributed by atoms with E-state index in [-0.39, 0.29) is 31.2 Å². The molecule has 1 aromatic rings. The van der Waals surface area contributed by atoms with E-state index >= 15 is 0 Å². The van der Waals surface area contributed by atoms with Gasteiger partial charge in [-0.2, -0.15) is 0 Å². The molecular formula is C11H11FN2O5. The van der Waals surface area contributed by atoms with Gasteiger partial charge in [0.25, 0.3) is 5.91 Å². The monoisotopic (exact) mass is 270 g/mol. The smallest absolute Gasteiger partial charge is 0.313 e. The minimum atomic E-state index is -0.845. The number of morpholine rings is 1. The molecule has 1 amide bonds. The van der Waals surface area contributed by atoms with E-state index in [2.05, 4.69) is 0 Å². The summed E-state index contributed by atoms with van der Waals surface area (Å²) in [6, 6.07) is 1.90. The van der Waals surface area contributed by atoms with Crippen molar-refractivity contribution in [1.29, 1.82) is 0 Å². The summed E-state index contributed by atoms with van der Waals surface area (Å²) >= 11 is 0. The Morgan fingerprint density at radius 2 is 2.26 bits per heavy atom. The van der Waals surface area contributed by atoms with Gasteiger partial charge in [-0.15, -0.1) is 0 Å². The summed E-state index contributed by atoms with van der Waals surface area (Å²) in [5, 5.41) is 10.7. The van der Waals surface area contributed by atoms with Gasteiger partial charge in [0, 0.05) is 12.6 Å². The van der Waals surface area contributed by atoms with Crippen LogP contribution >= 0.6 is 0 Å². The van der Waals surface area contributed by atoms with Crippen LogP contribution in [0.25, 0.3) is 0 Å². The number of nitrogens with zero attached hydrogens (tertiary/aromatic N) is 2. The van der Waals surface area contributed by atoms with Gasteiger partial charge < -0.3 is 14.4 Å². The van der Waals surface area contributed by atoms with Crippen LogP contribution in [-0.2, 0) is 9.53 Å². The van der Waals surface area contributed by atoms with Gasteiger partial charge in [0.2, 0.25) is 0 Å². The quantitative estimate of drug-likeness (QED) is 0.607. The molecule has 1 heterocycles. The SMILES string of the molecule is COc1cc(N2CCOCC2=O)c(F)cc1[N+](=O)[O-]. The Kier molecular flexibility index (Phi) is 3.61. The molecule has 0 N–H and O–H groups in total. The highest BCUT2D eigenvalue weighted by Crippen LogP contribution is 2.34. The van der Waals surface area contributed by atoms with Crippen molar-refractivity contribution in [2.45, 2.75) is 0 Å². The number of anilines is 1. The third-order valence-electron chi connectivity index (χ3n) is 2.72. The normalized spacial score (nSPS) is 15.5. The van der Waals surface area contributed by atoms with E-state index in [1.165, 1.54) is 12.0 Å². The van der Waals surface area contributed by atoms with Gasteiger partial charge in [0.15, 0.2) is 11.6 Å². The molecular weight excluding hydrogens is 259 g/mol. The summed E-state index contributed by atoms with van der Waals surface area (Å²) in [5.41, 5.74) is -0.528. The Bertz CT molecular complexity index is 534. The molecule has 0 spiro atoms. The molecule has 0 saturated carbocycles. The average molecular weight is 270 g/mol. The molecule has 0 bridgehead atoms. The topological polar surface area (TPSA) is 81.9 Å². The Labute approximate surface area is 107 Å². The van der Waals surface area contributed by atoms with Crippen molar-refractivity contribution < 1.29 is 23.6 Å². The summed E-state index contributed by atoms with van der Waals surface area (Å²) in [4.78, 5) is 22.8. The van der Waals surface area contributed by atoms with Crippen LogP contribution in [0.15, 0.2) is 12.1 Å². The van der Waals surface area contributed by atoms with Crippen molar-refractivity contribution in [2.75, 3.05) is 31.8 Å². The predicted molar refractivity (Wildman–Crippen MR) is 62.8 cm³/mol. The van der Waals surface area contributed by atoms with Gasteiger partial charge in [-0.25, -0.2) is 4.39 Å². The first-order chi connectivity index (χ1) is 9.04. The third-order valence-corrected chi connectivity index (χ3v) is 2.72. The number of rotatable bonds is 3. The van der Waals surface area contributed by atoms with E-state index < -0.39 is 22.3 Å². The fourth-order valence-corrected chi connectivity index (χ4v) is 1.82. The van der Waals surface area contributed by atoms with Crippen LogP contribution in [0.5, 0.6) is 5.75 Å². The molecule has 0 radical (unpaired) electrons. The highest BCUT2D eigenvalue weighted by molar-refractivity contribution is 5.95. The zero-order valence-corrected chi connectivity index (χ0v) is 10.1. The number of hydrogen-bond acceptors (Lipinski definition) is 5. The van der Waals surface area contributed by atoms with Gasteiger partial charge in [-0.3, -0.25) is 14.9 Å². The second kappa shape index (κ2) is 5.19. The lowest BCUT2D eigenvalue weighted by Gasteiger charge is -2.27. The molecule has 1 aliphatic heterocycles. The van der Waals surface area contributed by atoms with Crippen LogP contribution in [0, 0.1) is 15.9 Å². The third kappa shape index (κ3) is 2.48. The highest BCUT2D eigenvalue weighted by Gasteiger charge is 2.27.